The quantitative estimate of drug-likeness (QED) is 0.468. The predicted molar refractivity (Wildman–Crippen MR) is 90.8 cm³/mol. The molecule has 0 heterocycles. The van der Waals surface area contributed by atoms with Crippen molar-refractivity contribution in [2.24, 2.45) is 11.8 Å². The highest BCUT2D eigenvalue weighted by molar-refractivity contribution is 5.75. The van der Waals surface area contributed by atoms with Crippen LogP contribution in [0.3, 0.4) is 0 Å². The minimum atomic E-state index is -0.785. The average molecular weight is 313 g/mol. The number of carbonyl (C=O) groups is 2. The molecule has 0 saturated heterocycles. The number of unbranched alkanes of at least 4 members (excludes halogenated alkanes) is 6. The number of carboxylic acids is 1. The summed E-state index contributed by atoms with van der Waals surface area (Å²) in [6, 6.07) is 0. The molecule has 0 aliphatic heterocycles. The summed E-state index contributed by atoms with van der Waals surface area (Å²) >= 11 is 0. The van der Waals surface area contributed by atoms with Gasteiger partial charge in [0.1, 0.15) is 0 Å². The molecule has 4 nitrogen and oxygen atoms in total. The molecule has 0 fully saturated rings. The number of rotatable bonds is 14. The number of amides is 1. The van der Waals surface area contributed by atoms with Crippen molar-refractivity contribution in [3.8, 4) is 0 Å². The van der Waals surface area contributed by atoms with E-state index in [0.717, 1.165) is 19.3 Å². The van der Waals surface area contributed by atoms with E-state index in [1.54, 1.807) is 0 Å². The fourth-order valence-electron chi connectivity index (χ4n) is 2.74. The van der Waals surface area contributed by atoms with Gasteiger partial charge in [0, 0.05) is 19.4 Å². The Morgan fingerprint density at radius 2 is 1.59 bits per heavy atom. The van der Waals surface area contributed by atoms with Crippen molar-refractivity contribution in [2.45, 2.75) is 85.0 Å². The number of carbonyl (C=O) groups excluding carboxylic acids is 1. The van der Waals surface area contributed by atoms with Gasteiger partial charge in [-0.3, -0.25) is 9.59 Å². The first-order chi connectivity index (χ1) is 10.5. The number of hydrogen-bond donors (Lipinski definition) is 2. The topological polar surface area (TPSA) is 66.4 Å². The minimum Gasteiger partial charge on any atom is -0.481 e. The van der Waals surface area contributed by atoms with Gasteiger partial charge >= 0.3 is 5.97 Å². The lowest BCUT2D eigenvalue weighted by molar-refractivity contribution is -0.138. The highest BCUT2D eigenvalue weighted by Gasteiger charge is 2.15. The Labute approximate surface area is 136 Å². The van der Waals surface area contributed by atoms with Crippen molar-refractivity contribution >= 4 is 11.9 Å². The molecule has 0 aliphatic rings. The molecule has 0 spiro atoms. The Kier molecular flexibility index (Phi) is 12.9. The van der Waals surface area contributed by atoms with Crippen LogP contribution < -0.4 is 5.32 Å². The van der Waals surface area contributed by atoms with E-state index >= 15 is 0 Å². The Balaban J connectivity index is 3.73. The second-order valence-electron chi connectivity index (χ2n) is 6.77. The molecule has 4 heteroatoms. The summed E-state index contributed by atoms with van der Waals surface area (Å²) in [5.41, 5.74) is 0. The molecule has 0 rings (SSSR count). The van der Waals surface area contributed by atoms with E-state index in [0.29, 0.717) is 18.9 Å². The highest BCUT2D eigenvalue weighted by atomic mass is 16.4. The third-order valence-electron chi connectivity index (χ3n) is 3.86. The number of aliphatic carboxylic acids is 1. The maximum absolute atomic E-state index is 11.8. The number of carboxylic acid groups (broad SMARTS) is 1. The first-order valence-corrected chi connectivity index (χ1v) is 8.94. The molecule has 0 saturated carbocycles. The molecule has 0 aliphatic carbocycles. The lowest BCUT2D eigenvalue weighted by Crippen LogP contribution is -2.30. The van der Waals surface area contributed by atoms with Crippen molar-refractivity contribution in [3.05, 3.63) is 0 Å². The third-order valence-corrected chi connectivity index (χ3v) is 3.86. The molecule has 130 valence electrons. The van der Waals surface area contributed by atoms with Crippen LogP contribution in [-0.4, -0.2) is 23.5 Å². The molecule has 0 radical (unpaired) electrons. The van der Waals surface area contributed by atoms with E-state index in [2.05, 4.69) is 26.1 Å². The fourth-order valence-corrected chi connectivity index (χ4v) is 2.74. The summed E-state index contributed by atoms with van der Waals surface area (Å²) in [6.45, 7) is 6.85. The molecule has 22 heavy (non-hydrogen) atoms. The molecule has 1 atom stereocenters. The second-order valence-corrected chi connectivity index (χ2v) is 6.77. The van der Waals surface area contributed by atoms with E-state index in [1.165, 1.54) is 32.1 Å². The first-order valence-electron chi connectivity index (χ1n) is 8.94. The molecular formula is C18H35NO3. The third kappa shape index (κ3) is 13.9. The first kappa shape index (κ1) is 20.9. The molecule has 0 bridgehead atoms. The van der Waals surface area contributed by atoms with E-state index in [4.69, 9.17) is 5.11 Å². The van der Waals surface area contributed by atoms with Crippen LogP contribution in [0.25, 0.3) is 0 Å². The average Bonchev–Trinajstić information content (AvgIpc) is 2.42. The zero-order valence-corrected chi connectivity index (χ0v) is 14.7. The Bertz CT molecular complexity index is 303. The van der Waals surface area contributed by atoms with Gasteiger partial charge in [0.15, 0.2) is 0 Å². The zero-order chi connectivity index (χ0) is 16.8. The summed E-state index contributed by atoms with van der Waals surface area (Å²) in [6.07, 6.45) is 9.93. The fraction of sp³-hybridized carbons (Fsp3) is 0.889. The normalized spacial score (nSPS) is 12.4. The molecular weight excluding hydrogens is 278 g/mol. The highest BCUT2D eigenvalue weighted by Crippen LogP contribution is 2.15. The summed E-state index contributed by atoms with van der Waals surface area (Å²) < 4.78 is 0. The monoisotopic (exact) mass is 313 g/mol. The van der Waals surface area contributed by atoms with E-state index < -0.39 is 5.97 Å². The van der Waals surface area contributed by atoms with Gasteiger partial charge in [0.25, 0.3) is 0 Å². The van der Waals surface area contributed by atoms with Gasteiger partial charge in [-0.05, 0) is 24.7 Å². The van der Waals surface area contributed by atoms with Gasteiger partial charge < -0.3 is 10.4 Å². The van der Waals surface area contributed by atoms with Gasteiger partial charge in [-0.15, -0.1) is 0 Å². The van der Waals surface area contributed by atoms with Crippen LogP contribution in [0.2, 0.25) is 0 Å². The largest absolute Gasteiger partial charge is 0.481 e. The van der Waals surface area contributed by atoms with Gasteiger partial charge in [-0.25, -0.2) is 0 Å². The standard InChI is InChI=1S/C18H35NO3/c1-4-5-6-7-8-9-10-11-17(20)19-14-16(12-15(2)3)13-18(21)22/h15-16H,4-14H2,1-3H3,(H,19,20)(H,21,22). The summed E-state index contributed by atoms with van der Waals surface area (Å²) in [5, 5.41) is 11.8. The van der Waals surface area contributed by atoms with Crippen LogP contribution in [0.15, 0.2) is 0 Å². The molecule has 2 N–H and O–H groups in total. The molecule has 0 aromatic heterocycles. The predicted octanol–water partition coefficient (Wildman–Crippen LogP) is 4.38. The summed E-state index contributed by atoms with van der Waals surface area (Å²) in [4.78, 5) is 22.6. The van der Waals surface area contributed by atoms with Gasteiger partial charge in [0.05, 0.1) is 0 Å². The van der Waals surface area contributed by atoms with Crippen molar-refractivity contribution in [1.82, 2.24) is 5.32 Å². The van der Waals surface area contributed by atoms with Crippen molar-refractivity contribution in [1.29, 1.82) is 0 Å². The van der Waals surface area contributed by atoms with Crippen LogP contribution in [0.5, 0.6) is 0 Å². The van der Waals surface area contributed by atoms with Crippen LogP contribution in [0, 0.1) is 11.8 Å². The number of nitrogens with one attached hydrogen (secondary N) is 1. The smallest absolute Gasteiger partial charge is 0.303 e. The van der Waals surface area contributed by atoms with Gasteiger partial charge in [-0.1, -0.05) is 59.3 Å². The van der Waals surface area contributed by atoms with Crippen LogP contribution in [0.1, 0.15) is 85.0 Å². The van der Waals surface area contributed by atoms with Gasteiger partial charge in [0.2, 0.25) is 5.91 Å². The molecule has 1 amide bonds. The van der Waals surface area contributed by atoms with E-state index in [9.17, 15) is 9.59 Å². The van der Waals surface area contributed by atoms with E-state index in [-0.39, 0.29) is 18.2 Å². The minimum absolute atomic E-state index is 0.0375. The molecule has 0 aromatic rings. The van der Waals surface area contributed by atoms with Crippen LogP contribution in [0.4, 0.5) is 0 Å². The van der Waals surface area contributed by atoms with Crippen LogP contribution in [-0.2, 0) is 9.59 Å². The van der Waals surface area contributed by atoms with Crippen molar-refractivity contribution in [2.75, 3.05) is 6.54 Å². The summed E-state index contributed by atoms with van der Waals surface area (Å²) in [7, 11) is 0. The van der Waals surface area contributed by atoms with E-state index in [1.807, 2.05) is 0 Å². The zero-order valence-electron chi connectivity index (χ0n) is 14.7. The van der Waals surface area contributed by atoms with Crippen molar-refractivity contribution < 1.29 is 14.7 Å². The van der Waals surface area contributed by atoms with Gasteiger partial charge in [-0.2, -0.15) is 0 Å². The maximum atomic E-state index is 11.8. The lowest BCUT2D eigenvalue weighted by Gasteiger charge is -2.17. The second kappa shape index (κ2) is 13.6. The Morgan fingerprint density at radius 1 is 1.00 bits per heavy atom. The van der Waals surface area contributed by atoms with Crippen LogP contribution >= 0.6 is 0 Å². The SMILES string of the molecule is CCCCCCCCCC(=O)NCC(CC(=O)O)CC(C)C. The number of hydrogen-bond acceptors (Lipinski definition) is 2. The maximum Gasteiger partial charge on any atom is 0.303 e. The lowest BCUT2D eigenvalue weighted by atomic mass is 9.94. The van der Waals surface area contributed by atoms with Crippen molar-refractivity contribution in [3.63, 3.8) is 0 Å². The molecule has 0 aromatic carbocycles. The summed E-state index contributed by atoms with van der Waals surface area (Å²) in [5.74, 6) is -0.237. The molecule has 1 unspecified atom stereocenters. The Morgan fingerprint density at radius 3 is 2.14 bits per heavy atom. The Hall–Kier alpha value is -1.06.